The summed E-state index contributed by atoms with van der Waals surface area (Å²) in [5.74, 6) is 1.59. The Balaban J connectivity index is 1.35. The van der Waals surface area contributed by atoms with Crippen molar-refractivity contribution in [2.75, 3.05) is 20.2 Å². The van der Waals surface area contributed by atoms with Crippen LogP contribution in [0.2, 0.25) is 0 Å². The lowest BCUT2D eigenvalue weighted by Gasteiger charge is -2.37. The fraction of sp³-hybridized carbons (Fsp3) is 0.531. The molecule has 1 aliphatic heterocycles. The molecule has 0 unspecified atom stereocenters. The maximum atomic E-state index is 13.7. The highest BCUT2D eigenvalue weighted by Gasteiger charge is 2.33. The van der Waals surface area contributed by atoms with Crippen molar-refractivity contribution in [1.29, 1.82) is 0 Å². The minimum atomic E-state index is -0.204. The summed E-state index contributed by atoms with van der Waals surface area (Å²) in [6.45, 7) is 7.75. The molecule has 208 valence electrons. The molecule has 7 heteroatoms. The number of nitrogens with zero attached hydrogens (tertiary/aromatic N) is 2. The number of methoxy groups -OCH3 is 1. The molecular weight excluding hydrogens is 490 g/mol. The van der Waals surface area contributed by atoms with Gasteiger partial charge in [-0.25, -0.2) is 0 Å². The first kappa shape index (κ1) is 27.2. The number of carbonyl (C=O) groups is 2. The van der Waals surface area contributed by atoms with E-state index in [4.69, 9.17) is 4.74 Å². The van der Waals surface area contributed by atoms with Crippen molar-refractivity contribution < 1.29 is 14.3 Å². The first-order valence-electron chi connectivity index (χ1n) is 14.5. The van der Waals surface area contributed by atoms with Crippen LogP contribution < -0.4 is 10.3 Å². The van der Waals surface area contributed by atoms with Gasteiger partial charge in [0, 0.05) is 59.3 Å². The zero-order valence-corrected chi connectivity index (χ0v) is 23.7. The molecule has 1 amide bonds. The second kappa shape index (κ2) is 11.4. The standard InChI is InChI=1S/C32H41N3O4/c1-20-19-29(39-4)26(31(37)33-20)13-14-28(36)30-22(3)35(27-12-8-7-11-25(27)30)21(2)23-15-17-34(18-16-23)32(38)24-9-5-6-10-24/h7-8,11-12,19,21,23-24H,5-6,9-10,13-18H2,1-4H3,(H,33,37)/t21-/m1/s1. The van der Waals surface area contributed by atoms with Crippen molar-refractivity contribution in [2.45, 2.75) is 78.2 Å². The Labute approximate surface area is 230 Å². The van der Waals surface area contributed by atoms with Gasteiger partial charge in [0.25, 0.3) is 5.56 Å². The number of H-pyrrole nitrogens is 1. The second-order valence-corrected chi connectivity index (χ2v) is 11.5. The fourth-order valence-electron chi connectivity index (χ4n) is 6.98. The monoisotopic (exact) mass is 531 g/mol. The first-order chi connectivity index (χ1) is 18.8. The summed E-state index contributed by atoms with van der Waals surface area (Å²) in [4.78, 5) is 44.1. The fourth-order valence-corrected chi connectivity index (χ4v) is 6.98. The van der Waals surface area contributed by atoms with Gasteiger partial charge in [0.1, 0.15) is 5.75 Å². The number of ether oxygens (including phenoxy) is 1. The third-order valence-electron chi connectivity index (χ3n) is 9.13. The SMILES string of the molecule is COc1cc(C)[nH]c(=O)c1CCC(=O)c1c(C)n([C@H](C)C2CCN(C(=O)C3CCCC3)CC2)c2ccccc12. The third kappa shape index (κ3) is 5.28. The van der Waals surface area contributed by atoms with Gasteiger partial charge in [0.05, 0.1) is 12.7 Å². The molecule has 1 saturated heterocycles. The molecule has 3 heterocycles. The van der Waals surface area contributed by atoms with Gasteiger partial charge in [-0.1, -0.05) is 31.0 Å². The number of ketones is 1. The number of Topliss-reactive ketones (excluding diaryl/α,β-unsaturated/α-hetero) is 1. The van der Waals surface area contributed by atoms with E-state index in [1.807, 2.05) is 32.0 Å². The van der Waals surface area contributed by atoms with E-state index in [-0.39, 0.29) is 29.7 Å². The normalized spacial score (nSPS) is 17.6. The van der Waals surface area contributed by atoms with Gasteiger partial charge in [0.15, 0.2) is 5.78 Å². The van der Waals surface area contributed by atoms with Crippen molar-refractivity contribution >= 4 is 22.6 Å². The number of piperidine rings is 1. The quantitative estimate of drug-likeness (QED) is 0.375. The molecule has 2 fully saturated rings. The Morgan fingerprint density at radius 2 is 1.77 bits per heavy atom. The Morgan fingerprint density at radius 3 is 2.46 bits per heavy atom. The molecule has 1 saturated carbocycles. The average Bonchev–Trinajstić information content (AvgIpc) is 3.57. The Hall–Kier alpha value is -3.35. The summed E-state index contributed by atoms with van der Waals surface area (Å²) in [6, 6.07) is 10.1. The molecule has 0 radical (unpaired) electrons. The minimum Gasteiger partial charge on any atom is -0.496 e. The summed E-state index contributed by atoms with van der Waals surface area (Å²) in [5, 5.41) is 0.963. The van der Waals surface area contributed by atoms with Crippen molar-refractivity contribution in [3.8, 4) is 5.75 Å². The zero-order valence-electron chi connectivity index (χ0n) is 23.7. The Morgan fingerprint density at radius 1 is 1.08 bits per heavy atom. The van der Waals surface area contributed by atoms with Crippen LogP contribution >= 0.6 is 0 Å². The first-order valence-corrected chi connectivity index (χ1v) is 14.5. The zero-order chi connectivity index (χ0) is 27.7. The molecular formula is C32H41N3O4. The van der Waals surface area contributed by atoms with Gasteiger partial charge >= 0.3 is 0 Å². The van der Waals surface area contributed by atoms with Crippen LogP contribution in [0.1, 0.15) is 85.2 Å². The molecule has 1 atom stereocenters. The lowest BCUT2D eigenvalue weighted by molar-refractivity contribution is -0.136. The highest BCUT2D eigenvalue weighted by atomic mass is 16.5. The molecule has 2 aliphatic rings. The number of hydrogen-bond donors (Lipinski definition) is 1. The smallest absolute Gasteiger partial charge is 0.255 e. The summed E-state index contributed by atoms with van der Waals surface area (Å²) >= 11 is 0. The van der Waals surface area contributed by atoms with Crippen molar-refractivity contribution in [1.82, 2.24) is 14.5 Å². The number of aromatic nitrogens is 2. The van der Waals surface area contributed by atoms with Gasteiger partial charge in [-0.2, -0.15) is 0 Å². The number of carbonyl (C=O) groups excluding carboxylic acids is 2. The van der Waals surface area contributed by atoms with E-state index in [2.05, 4.69) is 27.4 Å². The van der Waals surface area contributed by atoms with Crippen LogP contribution in [-0.2, 0) is 11.2 Å². The topological polar surface area (TPSA) is 84.4 Å². The van der Waals surface area contributed by atoms with Crippen molar-refractivity contribution in [3.05, 3.63) is 63.2 Å². The van der Waals surface area contributed by atoms with Gasteiger partial charge in [0.2, 0.25) is 5.91 Å². The number of nitrogens with one attached hydrogen (secondary N) is 1. The highest BCUT2D eigenvalue weighted by Crippen LogP contribution is 2.37. The van der Waals surface area contributed by atoms with Gasteiger partial charge < -0.3 is 19.2 Å². The lowest BCUT2D eigenvalue weighted by Crippen LogP contribution is -2.42. The van der Waals surface area contributed by atoms with E-state index < -0.39 is 0 Å². The van der Waals surface area contributed by atoms with Gasteiger partial charge in [-0.05, 0) is 70.9 Å². The minimum absolute atomic E-state index is 0.0358. The number of amides is 1. The van der Waals surface area contributed by atoms with Gasteiger partial charge in [-0.15, -0.1) is 0 Å². The Kier molecular flexibility index (Phi) is 7.96. The van der Waals surface area contributed by atoms with E-state index in [1.54, 1.807) is 13.2 Å². The summed E-state index contributed by atoms with van der Waals surface area (Å²) in [6.07, 6.45) is 6.96. The summed E-state index contributed by atoms with van der Waals surface area (Å²) in [5.41, 5.74) is 3.82. The van der Waals surface area contributed by atoms with Crippen molar-refractivity contribution in [2.24, 2.45) is 11.8 Å². The third-order valence-corrected chi connectivity index (χ3v) is 9.13. The van der Waals surface area contributed by atoms with Gasteiger partial charge in [-0.3, -0.25) is 14.4 Å². The second-order valence-electron chi connectivity index (χ2n) is 11.5. The van der Waals surface area contributed by atoms with E-state index >= 15 is 0 Å². The highest BCUT2D eigenvalue weighted by molar-refractivity contribution is 6.09. The molecule has 0 spiro atoms. The van der Waals surface area contributed by atoms with E-state index in [1.165, 1.54) is 12.8 Å². The molecule has 3 aromatic rings. The molecule has 39 heavy (non-hydrogen) atoms. The van der Waals surface area contributed by atoms with Crippen molar-refractivity contribution in [3.63, 3.8) is 0 Å². The number of fused-ring (bicyclic) bond motifs is 1. The van der Waals surface area contributed by atoms with Crippen LogP contribution in [-0.4, -0.2) is 46.3 Å². The maximum Gasteiger partial charge on any atom is 0.255 e. The van der Waals surface area contributed by atoms with Crippen LogP contribution in [0.5, 0.6) is 5.75 Å². The number of para-hydroxylation sites is 1. The van der Waals surface area contributed by atoms with Crippen LogP contribution in [0.25, 0.3) is 10.9 Å². The number of aryl methyl sites for hydroxylation is 1. The lowest BCUT2D eigenvalue weighted by atomic mass is 9.89. The number of pyridine rings is 1. The number of aromatic amines is 1. The number of likely N-dealkylation sites (tertiary alicyclic amines) is 1. The van der Waals surface area contributed by atoms with E-state index in [9.17, 15) is 14.4 Å². The van der Waals surface area contributed by atoms with Crippen LogP contribution in [0.4, 0.5) is 0 Å². The maximum absolute atomic E-state index is 13.7. The van der Waals surface area contributed by atoms with E-state index in [0.717, 1.165) is 66.6 Å². The molecule has 7 nitrogen and oxygen atoms in total. The summed E-state index contributed by atoms with van der Waals surface area (Å²) in [7, 11) is 1.55. The number of hydrogen-bond acceptors (Lipinski definition) is 4. The predicted octanol–water partition coefficient (Wildman–Crippen LogP) is 5.76. The average molecular weight is 532 g/mol. The molecule has 0 bridgehead atoms. The van der Waals surface area contributed by atoms with E-state index in [0.29, 0.717) is 29.6 Å². The molecule has 2 aromatic heterocycles. The number of rotatable bonds is 8. The molecule has 1 aromatic carbocycles. The Bertz CT molecular complexity index is 1420. The molecule has 1 aliphatic carbocycles. The van der Waals surface area contributed by atoms with Crippen LogP contribution in [0.15, 0.2) is 35.1 Å². The van der Waals surface area contributed by atoms with Crippen LogP contribution in [0.3, 0.4) is 0 Å². The molecule has 5 rings (SSSR count). The largest absolute Gasteiger partial charge is 0.496 e. The summed E-state index contributed by atoms with van der Waals surface area (Å²) < 4.78 is 7.77. The predicted molar refractivity (Wildman–Crippen MR) is 154 cm³/mol. The number of benzene rings is 1. The van der Waals surface area contributed by atoms with Crippen LogP contribution in [0, 0.1) is 25.7 Å². The molecule has 1 N–H and O–H groups in total.